The number of nitrogens with zero attached hydrogens (tertiary/aromatic N) is 1. The van der Waals surface area contributed by atoms with E-state index in [4.69, 9.17) is 16.3 Å². The summed E-state index contributed by atoms with van der Waals surface area (Å²) in [5, 5.41) is 1.51. The molecule has 0 amide bonds. The first-order valence-corrected chi connectivity index (χ1v) is 9.48. The Balaban J connectivity index is 2.17. The van der Waals surface area contributed by atoms with Gasteiger partial charge in [-0.2, -0.15) is 0 Å². The normalized spacial score (nSPS) is 10.8. The molecule has 0 bridgehead atoms. The van der Waals surface area contributed by atoms with E-state index in [9.17, 15) is 4.79 Å². The molecule has 4 heteroatoms. The number of rotatable bonds is 4. The third-order valence-corrected chi connectivity index (χ3v) is 4.78. The van der Waals surface area contributed by atoms with Gasteiger partial charge in [0.2, 0.25) is 0 Å². The maximum absolute atomic E-state index is 12.8. The summed E-state index contributed by atoms with van der Waals surface area (Å²) in [4.78, 5) is 17.5. The van der Waals surface area contributed by atoms with Crippen LogP contribution in [0.4, 0.5) is 0 Å². The van der Waals surface area contributed by atoms with Crippen LogP contribution in [0.15, 0.2) is 78.9 Å². The number of carbonyl (C=O) groups is 1. The van der Waals surface area contributed by atoms with Gasteiger partial charge >= 0.3 is 5.97 Å². The molecule has 1 aromatic heterocycles. The first kappa shape index (κ1) is 18.2. The first-order chi connectivity index (χ1) is 13.7. The van der Waals surface area contributed by atoms with Crippen molar-refractivity contribution in [1.82, 2.24) is 4.98 Å². The Morgan fingerprint density at radius 2 is 1.50 bits per heavy atom. The summed E-state index contributed by atoms with van der Waals surface area (Å²) < 4.78 is 5.33. The van der Waals surface area contributed by atoms with Gasteiger partial charge in [0.1, 0.15) is 0 Å². The average molecular weight is 388 g/mol. The second kappa shape index (κ2) is 7.83. The van der Waals surface area contributed by atoms with Gasteiger partial charge in [0.05, 0.1) is 12.1 Å². The molecule has 0 fully saturated rings. The number of fused-ring (bicyclic) bond motifs is 1. The Morgan fingerprint density at radius 3 is 2.11 bits per heavy atom. The van der Waals surface area contributed by atoms with Crippen LogP contribution < -0.4 is 0 Å². The largest absolute Gasteiger partial charge is 0.461 e. The van der Waals surface area contributed by atoms with Crippen molar-refractivity contribution >= 4 is 28.5 Å². The van der Waals surface area contributed by atoms with Crippen LogP contribution >= 0.6 is 11.6 Å². The highest BCUT2D eigenvalue weighted by Gasteiger charge is 2.23. The van der Waals surface area contributed by atoms with Gasteiger partial charge in [-0.05, 0) is 36.2 Å². The molecule has 0 N–H and O–H groups in total. The number of hydrogen-bond donors (Lipinski definition) is 0. The molecule has 0 aliphatic rings. The fourth-order valence-electron chi connectivity index (χ4n) is 3.37. The highest BCUT2D eigenvalue weighted by molar-refractivity contribution is 6.31. The zero-order valence-electron chi connectivity index (χ0n) is 15.4. The molecule has 3 aromatic carbocycles. The molecule has 0 saturated heterocycles. The third-order valence-electron chi connectivity index (χ3n) is 4.54. The van der Waals surface area contributed by atoms with Gasteiger partial charge in [-0.25, -0.2) is 9.78 Å². The minimum absolute atomic E-state index is 0.286. The number of esters is 1. The van der Waals surface area contributed by atoms with E-state index in [-0.39, 0.29) is 6.61 Å². The number of benzene rings is 3. The van der Waals surface area contributed by atoms with Crippen molar-refractivity contribution in [2.24, 2.45) is 0 Å². The van der Waals surface area contributed by atoms with E-state index in [2.05, 4.69) is 4.98 Å². The van der Waals surface area contributed by atoms with E-state index in [0.717, 1.165) is 27.6 Å². The SMILES string of the molecule is CCOC(=O)c1nc2ccc(Cl)cc2c(-c2ccccc2)c1-c1ccccc1. The lowest BCUT2D eigenvalue weighted by Crippen LogP contribution is -2.10. The Hall–Kier alpha value is -3.17. The molecular formula is C24H18ClNO2. The molecule has 0 spiro atoms. The average Bonchev–Trinajstić information content (AvgIpc) is 2.74. The van der Waals surface area contributed by atoms with Crippen LogP contribution in [0.5, 0.6) is 0 Å². The first-order valence-electron chi connectivity index (χ1n) is 9.10. The quantitative estimate of drug-likeness (QED) is 0.380. The van der Waals surface area contributed by atoms with Gasteiger partial charge in [0, 0.05) is 21.5 Å². The monoisotopic (exact) mass is 387 g/mol. The number of carbonyl (C=O) groups excluding carboxylic acids is 1. The Kier molecular flexibility index (Phi) is 5.09. The molecule has 0 radical (unpaired) electrons. The van der Waals surface area contributed by atoms with Gasteiger partial charge in [0.15, 0.2) is 5.69 Å². The van der Waals surface area contributed by atoms with Crippen LogP contribution in [-0.4, -0.2) is 17.6 Å². The topological polar surface area (TPSA) is 39.2 Å². The fraction of sp³-hybridized carbons (Fsp3) is 0.0833. The molecule has 4 rings (SSSR count). The minimum atomic E-state index is -0.435. The molecule has 0 saturated carbocycles. The molecule has 138 valence electrons. The summed E-state index contributed by atoms with van der Waals surface area (Å²) in [6, 6.07) is 25.3. The number of pyridine rings is 1. The maximum atomic E-state index is 12.8. The summed E-state index contributed by atoms with van der Waals surface area (Å²) >= 11 is 6.31. The molecule has 0 atom stereocenters. The Morgan fingerprint density at radius 1 is 0.893 bits per heavy atom. The smallest absolute Gasteiger partial charge is 0.357 e. The molecule has 4 aromatic rings. The van der Waals surface area contributed by atoms with Crippen molar-refractivity contribution < 1.29 is 9.53 Å². The molecular weight excluding hydrogens is 370 g/mol. The standard InChI is InChI=1S/C24H18ClNO2/c1-2-28-24(27)23-22(17-11-7-4-8-12-17)21(16-9-5-3-6-10-16)19-15-18(25)13-14-20(19)26-23/h3-15H,2H2,1H3. The van der Waals surface area contributed by atoms with Crippen LogP contribution in [0.3, 0.4) is 0 Å². The summed E-state index contributed by atoms with van der Waals surface area (Å²) in [5.41, 5.74) is 4.57. The van der Waals surface area contributed by atoms with E-state index >= 15 is 0 Å². The predicted molar refractivity (Wildman–Crippen MR) is 114 cm³/mol. The van der Waals surface area contributed by atoms with Crippen molar-refractivity contribution in [3.8, 4) is 22.3 Å². The maximum Gasteiger partial charge on any atom is 0.357 e. The summed E-state index contributed by atoms with van der Waals surface area (Å²) in [6.07, 6.45) is 0. The number of halogens is 1. The number of hydrogen-bond acceptors (Lipinski definition) is 3. The van der Waals surface area contributed by atoms with Crippen LogP contribution in [0.25, 0.3) is 33.2 Å². The van der Waals surface area contributed by atoms with Crippen molar-refractivity contribution in [1.29, 1.82) is 0 Å². The molecule has 28 heavy (non-hydrogen) atoms. The van der Waals surface area contributed by atoms with Crippen molar-refractivity contribution in [2.75, 3.05) is 6.61 Å². The Labute approximate surface area is 168 Å². The predicted octanol–water partition coefficient (Wildman–Crippen LogP) is 6.40. The minimum Gasteiger partial charge on any atom is -0.461 e. The lowest BCUT2D eigenvalue weighted by molar-refractivity contribution is 0.0521. The molecule has 0 aliphatic carbocycles. The molecule has 1 heterocycles. The summed E-state index contributed by atoms with van der Waals surface area (Å²) in [5.74, 6) is -0.435. The number of ether oxygens (including phenoxy) is 1. The third kappa shape index (κ3) is 3.37. The van der Waals surface area contributed by atoms with Crippen LogP contribution in [-0.2, 0) is 4.74 Å². The van der Waals surface area contributed by atoms with Crippen molar-refractivity contribution in [3.63, 3.8) is 0 Å². The summed E-state index contributed by atoms with van der Waals surface area (Å²) in [6.45, 7) is 2.08. The molecule has 3 nitrogen and oxygen atoms in total. The van der Waals surface area contributed by atoms with E-state index in [1.54, 1.807) is 13.0 Å². The van der Waals surface area contributed by atoms with Gasteiger partial charge < -0.3 is 4.74 Å². The molecule has 0 aliphatic heterocycles. The van der Waals surface area contributed by atoms with Crippen LogP contribution in [0.2, 0.25) is 5.02 Å². The van der Waals surface area contributed by atoms with Crippen molar-refractivity contribution in [2.45, 2.75) is 6.92 Å². The highest BCUT2D eigenvalue weighted by Crippen LogP contribution is 2.40. The second-order valence-electron chi connectivity index (χ2n) is 6.32. The lowest BCUT2D eigenvalue weighted by atomic mass is 9.90. The van der Waals surface area contributed by atoms with Gasteiger partial charge in [-0.3, -0.25) is 0 Å². The van der Waals surface area contributed by atoms with Gasteiger partial charge in [-0.1, -0.05) is 72.3 Å². The zero-order valence-corrected chi connectivity index (χ0v) is 16.1. The molecule has 0 unspecified atom stereocenters. The van der Waals surface area contributed by atoms with Gasteiger partial charge in [-0.15, -0.1) is 0 Å². The van der Waals surface area contributed by atoms with E-state index in [0.29, 0.717) is 16.2 Å². The van der Waals surface area contributed by atoms with E-state index < -0.39 is 5.97 Å². The van der Waals surface area contributed by atoms with E-state index in [1.165, 1.54) is 0 Å². The Bertz CT molecular complexity index is 1140. The van der Waals surface area contributed by atoms with Crippen LogP contribution in [0, 0.1) is 0 Å². The summed E-state index contributed by atoms with van der Waals surface area (Å²) in [7, 11) is 0. The zero-order chi connectivity index (χ0) is 19.5. The number of aromatic nitrogens is 1. The lowest BCUT2D eigenvalue weighted by Gasteiger charge is -2.17. The van der Waals surface area contributed by atoms with E-state index in [1.807, 2.05) is 72.8 Å². The fourth-order valence-corrected chi connectivity index (χ4v) is 3.55. The highest BCUT2D eigenvalue weighted by atomic mass is 35.5. The van der Waals surface area contributed by atoms with Gasteiger partial charge in [0.25, 0.3) is 0 Å². The van der Waals surface area contributed by atoms with Crippen LogP contribution in [0.1, 0.15) is 17.4 Å². The van der Waals surface area contributed by atoms with Crippen molar-refractivity contribution in [3.05, 3.63) is 89.6 Å². The second-order valence-corrected chi connectivity index (χ2v) is 6.76.